The standard InChI is InChI=1S/C18H21N3O2S/c1-6-18(4,5)20-16(22)12-9-13(14-8-7-10(2)24-14)19-17-15(12)11(3)21-23-17/h7-9H,6H2,1-5H3,(H,20,22). The van der Waals surface area contributed by atoms with E-state index in [1.54, 1.807) is 11.3 Å². The number of nitrogens with one attached hydrogen (secondary N) is 1. The van der Waals surface area contributed by atoms with Crippen LogP contribution in [-0.4, -0.2) is 21.6 Å². The molecule has 3 aromatic heterocycles. The summed E-state index contributed by atoms with van der Waals surface area (Å²) in [6, 6.07) is 5.88. The van der Waals surface area contributed by atoms with Gasteiger partial charge in [0, 0.05) is 10.4 Å². The Morgan fingerprint density at radius 1 is 1.33 bits per heavy atom. The molecule has 0 saturated carbocycles. The Hall–Kier alpha value is -2.21. The van der Waals surface area contributed by atoms with Gasteiger partial charge in [-0.1, -0.05) is 12.1 Å². The fourth-order valence-electron chi connectivity index (χ4n) is 2.44. The minimum atomic E-state index is -0.280. The summed E-state index contributed by atoms with van der Waals surface area (Å²) < 4.78 is 5.33. The van der Waals surface area contributed by atoms with E-state index >= 15 is 0 Å². The quantitative estimate of drug-likeness (QED) is 0.758. The summed E-state index contributed by atoms with van der Waals surface area (Å²) in [6.45, 7) is 9.93. The summed E-state index contributed by atoms with van der Waals surface area (Å²) >= 11 is 1.64. The molecule has 5 nitrogen and oxygen atoms in total. The Bertz CT molecular complexity index is 908. The van der Waals surface area contributed by atoms with E-state index in [9.17, 15) is 4.79 Å². The molecule has 0 aliphatic heterocycles. The zero-order valence-electron chi connectivity index (χ0n) is 14.6. The predicted octanol–water partition coefficient (Wildman–Crippen LogP) is 4.49. The fourth-order valence-corrected chi connectivity index (χ4v) is 3.26. The number of aromatic nitrogens is 2. The molecule has 0 aromatic carbocycles. The van der Waals surface area contributed by atoms with Crippen molar-refractivity contribution in [2.75, 3.05) is 0 Å². The molecule has 0 bridgehead atoms. The van der Waals surface area contributed by atoms with E-state index in [4.69, 9.17) is 4.52 Å². The SMILES string of the molecule is CCC(C)(C)NC(=O)c1cc(-c2ccc(C)s2)nc2onc(C)c12. The molecule has 0 spiro atoms. The second-order valence-electron chi connectivity index (χ2n) is 6.61. The molecular formula is C18H21N3O2S. The van der Waals surface area contributed by atoms with Crippen molar-refractivity contribution in [3.8, 4) is 10.6 Å². The first-order valence-corrected chi connectivity index (χ1v) is 8.79. The first-order chi connectivity index (χ1) is 11.3. The Morgan fingerprint density at radius 2 is 2.08 bits per heavy atom. The molecule has 6 heteroatoms. The van der Waals surface area contributed by atoms with Crippen molar-refractivity contribution in [2.24, 2.45) is 0 Å². The molecule has 0 radical (unpaired) electrons. The van der Waals surface area contributed by atoms with Gasteiger partial charge < -0.3 is 9.84 Å². The lowest BCUT2D eigenvalue weighted by atomic mass is 10.0. The molecule has 0 fully saturated rings. The van der Waals surface area contributed by atoms with Crippen LogP contribution in [0.1, 0.15) is 48.1 Å². The fraction of sp³-hybridized carbons (Fsp3) is 0.389. The normalized spacial score (nSPS) is 11.9. The second kappa shape index (κ2) is 6.02. The number of pyridine rings is 1. The molecule has 0 aliphatic carbocycles. The highest BCUT2D eigenvalue weighted by atomic mass is 32.1. The maximum absolute atomic E-state index is 12.9. The van der Waals surface area contributed by atoms with Gasteiger partial charge in [0.15, 0.2) is 0 Å². The van der Waals surface area contributed by atoms with Crippen LogP contribution >= 0.6 is 11.3 Å². The van der Waals surface area contributed by atoms with Crippen LogP contribution in [0.15, 0.2) is 22.7 Å². The zero-order valence-corrected chi connectivity index (χ0v) is 15.4. The Morgan fingerprint density at radius 3 is 2.71 bits per heavy atom. The van der Waals surface area contributed by atoms with Crippen molar-refractivity contribution in [3.05, 3.63) is 34.3 Å². The lowest BCUT2D eigenvalue weighted by Crippen LogP contribution is -2.42. The van der Waals surface area contributed by atoms with Crippen LogP contribution in [0, 0.1) is 13.8 Å². The summed E-state index contributed by atoms with van der Waals surface area (Å²) in [7, 11) is 0. The molecule has 0 saturated heterocycles. The van der Waals surface area contributed by atoms with E-state index in [0.29, 0.717) is 22.4 Å². The van der Waals surface area contributed by atoms with Gasteiger partial charge in [0.25, 0.3) is 11.6 Å². The monoisotopic (exact) mass is 343 g/mol. The number of thiophene rings is 1. The molecule has 0 aliphatic rings. The highest BCUT2D eigenvalue weighted by Gasteiger charge is 2.24. The third kappa shape index (κ3) is 3.06. The molecule has 0 atom stereocenters. The van der Waals surface area contributed by atoms with E-state index in [-0.39, 0.29) is 11.4 Å². The number of amides is 1. The van der Waals surface area contributed by atoms with E-state index < -0.39 is 0 Å². The van der Waals surface area contributed by atoms with Gasteiger partial charge in [-0.15, -0.1) is 11.3 Å². The van der Waals surface area contributed by atoms with E-state index in [0.717, 1.165) is 17.0 Å². The summed E-state index contributed by atoms with van der Waals surface area (Å²) in [5.74, 6) is -0.130. The lowest BCUT2D eigenvalue weighted by molar-refractivity contribution is 0.0913. The van der Waals surface area contributed by atoms with Gasteiger partial charge in [-0.3, -0.25) is 4.79 Å². The van der Waals surface area contributed by atoms with Crippen LogP contribution in [-0.2, 0) is 0 Å². The summed E-state index contributed by atoms with van der Waals surface area (Å²) in [4.78, 5) is 19.6. The van der Waals surface area contributed by atoms with E-state index in [1.165, 1.54) is 4.88 Å². The highest BCUT2D eigenvalue weighted by molar-refractivity contribution is 7.15. The number of hydrogen-bond acceptors (Lipinski definition) is 5. The van der Waals surface area contributed by atoms with Crippen molar-refractivity contribution in [2.45, 2.75) is 46.6 Å². The molecule has 3 aromatic rings. The molecular weight excluding hydrogens is 322 g/mol. The Labute approximate surface area is 145 Å². The number of carbonyl (C=O) groups is 1. The van der Waals surface area contributed by atoms with E-state index in [1.807, 2.05) is 52.8 Å². The summed E-state index contributed by atoms with van der Waals surface area (Å²) in [5, 5.41) is 7.74. The Kier molecular flexibility index (Phi) is 4.17. The average molecular weight is 343 g/mol. The maximum atomic E-state index is 12.9. The molecule has 1 N–H and O–H groups in total. The second-order valence-corrected chi connectivity index (χ2v) is 7.89. The third-order valence-electron chi connectivity index (χ3n) is 4.19. The summed E-state index contributed by atoms with van der Waals surface area (Å²) in [6.07, 6.45) is 0.840. The molecule has 3 heterocycles. The van der Waals surface area contributed by atoms with Gasteiger partial charge in [-0.25, -0.2) is 4.98 Å². The Balaban J connectivity index is 2.14. The number of hydrogen-bond donors (Lipinski definition) is 1. The van der Waals surface area contributed by atoms with Crippen LogP contribution in [0.4, 0.5) is 0 Å². The first kappa shape index (κ1) is 16.6. The van der Waals surface area contributed by atoms with Gasteiger partial charge >= 0.3 is 0 Å². The molecule has 0 unspecified atom stereocenters. The van der Waals surface area contributed by atoms with Crippen molar-refractivity contribution < 1.29 is 9.32 Å². The van der Waals surface area contributed by atoms with Crippen LogP contribution in [0.2, 0.25) is 0 Å². The van der Waals surface area contributed by atoms with Crippen LogP contribution in [0.3, 0.4) is 0 Å². The minimum absolute atomic E-state index is 0.130. The molecule has 24 heavy (non-hydrogen) atoms. The average Bonchev–Trinajstić information content (AvgIpc) is 3.12. The zero-order chi connectivity index (χ0) is 17.5. The molecule has 3 rings (SSSR count). The highest BCUT2D eigenvalue weighted by Crippen LogP contribution is 2.31. The van der Waals surface area contributed by atoms with Gasteiger partial charge in [0.2, 0.25) is 0 Å². The van der Waals surface area contributed by atoms with Gasteiger partial charge in [0.1, 0.15) is 0 Å². The van der Waals surface area contributed by atoms with Crippen molar-refractivity contribution in [3.63, 3.8) is 0 Å². The lowest BCUT2D eigenvalue weighted by Gasteiger charge is -2.24. The summed E-state index contributed by atoms with van der Waals surface area (Å²) in [5.41, 5.74) is 2.08. The van der Waals surface area contributed by atoms with Crippen molar-refractivity contribution in [1.29, 1.82) is 0 Å². The minimum Gasteiger partial charge on any atom is -0.347 e. The van der Waals surface area contributed by atoms with Crippen LogP contribution < -0.4 is 5.32 Å². The van der Waals surface area contributed by atoms with Crippen molar-refractivity contribution in [1.82, 2.24) is 15.5 Å². The smallest absolute Gasteiger partial charge is 0.259 e. The maximum Gasteiger partial charge on any atom is 0.259 e. The first-order valence-electron chi connectivity index (χ1n) is 7.97. The van der Waals surface area contributed by atoms with Crippen LogP contribution in [0.25, 0.3) is 21.7 Å². The van der Waals surface area contributed by atoms with Crippen molar-refractivity contribution >= 4 is 28.3 Å². The van der Waals surface area contributed by atoms with Gasteiger partial charge in [0.05, 0.1) is 27.2 Å². The van der Waals surface area contributed by atoms with Crippen LogP contribution in [0.5, 0.6) is 0 Å². The number of aryl methyl sites for hydroxylation is 2. The third-order valence-corrected chi connectivity index (χ3v) is 5.21. The molecule has 126 valence electrons. The number of carbonyl (C=O) groups excluding carboxylic acids is 1. The topological polar surface area (TPSA) is 68.0 Å². The predicted molar refractivity (Wildman–Crippen MR) is 96.4 cm³/mol. The molecule has 1 amide bonds. The number of rotatable bonds is 4. The number of fused-ring (bicyclic) bond motifs is 1. The van der Waals surface area contributed by atoms with Gasteiger partial charge in [-0.05, 0) is 52.3 Å². The van der Waals surface area contributed by atoms with Gasteiger partial charge in [-0.2, -0.15) is 0 Å². The van der Waals surface area contributed by atoms with E-state index in [2.05, 4.69) is 15.5 Å². The number of nitrogens with zero attached hydrogens (tertiary/aromatic N) is 2. The largest absolute Gasteiger partial charge is 0.347 e.